The predicted molar refractivity (Wildman–Crippen MR) is 91.2 cm³/mol. The SMILES string of the molecule is COC(CS(=O)(=O)N(C)CCC(N)C(C)C)C1CCCCC1. The molecule has 0 bridgehead atoms. The first kappa shape index (κ1) is 19.9. The van der Waals surface area contributed by atoms with Crippen molar-refractivity contribution in [1.29, 1.82) is 0 Å². The minimum absolute atomic E-state index is 0.0363. The molecule has 0 amide bonds. The van der Waals surface area contributed by atoms with Crippen molar-refractivity contribution in [2.45, 2.75) is 64.5 Å². The predicted octanol–water partition coefficient (Wildman–Crippen LogP) is 2.22. The normalized spacial score (nSPS) is 20.5. The third-order valence-electron chi connectivity index (χ3n) is 4.96. The van der Waals surface area contributed by atoms with Gasteiger partial charge in [-0.3, -0.25) is 0 Å². The summed E-state index contributed by atoms with van der Waals surface area (Å²) in [5.41, 5.74) is 6.01. The molecule has 0 aromatic carbocycles. The quantitative estimate of drug-likeness (QED) is 0.702. The lowest BCUT2D eigenvalue weighted by Gasteiger charge is -2.30. The highest BCUT2D eigenvalue weighted by molar-refractivity contribution is 7.89. The molecule has 1 fully saturated rings. The standard InChI is InChI=1S/C16H34N2O3S/c1-13(2)15(17)10-11-18(3)22(19,20)12-16(21-4)14-8-6-5-7-9-14/h13-16H,5-12,17H2,1-4H3. The van der Waals surface area contributed by atoms with E-state index in [1.54, 1.807) is 14.2 Å². The molecule has 2 atom stereocenters. The molecular weight excluding hydrogens is 300 g/mol. The molecule has 0 radical (unpaired) electrons. The lowest BCUT2D eigenvalue weighted by Crippen LogP contribution is -2.40. The van der Waals surface area contributed by atoms with Crippen molar-refractivity contribution in [3.05, 3.63) is 0 Å². The second kappa shape index (κ2) is 9.21. The Hall–Kier alpha value is -0.170. The van der Waals surface area contributed by atoms with Gasteiger partial charge >= 0.3 is 0 Å². The number of nitrogens with zero attached hydrogens (tertiary/aromatic N) is 1. The van der Waals surface area contributed by atoms with E-state index < -0.39 is 10.0 Å². The molecule has 1 aliphatic carbocycles. The Morgan fingerprint density at radius 1 is 1.23 bits per heavy atom. The van der Waals surface area contributed by atoms with E-state index >= 15 is 0 Å². The summed E-state index contributed by atoms with van der Waals surface area (Å²) in [6, 6.07) is 0.0363. The number of rotatable bonds is 9. The molecule has 1 aliphatic rings. The highest BCUT2D eigenvalue weighted by atomic mass is 32.2. The van der Waals surface area contributed by atoms with Gasteiger partial charge in [0.25, 0.3) is 0 Å². The van der Waals surface area contributed by atoms with Crippen molar-refractivity contribution >= 4 is 10.0 Å². The van der Waals surface area contributed by atoms with E-state index in [4.69, 9.17) is 10.5 Å². The fourth-order valence-corrected chi connectivity index (χ4v) is 4.50. The van der Waals surface area contributed by atoms with Crippen LogP contribution >= 0.6 is 0 Å². The fourth-order valence-electron chi connectivity index (χ4n) is 3.04. The lowest BCUT2D eigenvalue weighted by molar-refractivity contribution is 0.0523. The summed E-state index contributed by atoms with van der Waals surface area (Å²) in [4.78, 5) is 0. The van der Waals surface area contributed by atoms with Crippen LogP contribution in [0, 0.1) is 11.8 Å². The summed E-state index contributed by atoms with van der Waals surface area (Å²) in [6.07, 6.45) is 6.28. The van der Waals surface area contributed by atoms with Gasteiger partial charge in [-0.15, -0.1) is 0 Å². The van der Waals surface area contributed by atoms with Gasteiger partial charge in [0, 0.05) is 26.7 Å². The zero-order valence-corrected chi connectivity index (χ0v) is 15.4. The Morgan fingerprint density at radius 2 is 1.82 bits per heavy atom. The molecule has 0 spiro atoms. The fraction of sp³-hybridized carbons (Fsp3) is 1.00. The van der Waals surface area contributed by atoms with Gasteiger partial charge in [0.1, 0.15) is 0 Å². The van der Waals surface area contributed by atoms with Crippen molar-refractivity contribution in [3.8, 4) is 0 Å². The summed E-state index contributed by atoms with van der Waals surface area (Å²) in [6.45, 7) is 4.59. The zero-order valence-electron chi connectivity index (χ0n) is 14.6. The monoisotopic (exact) mass is 334 g/mol. The zero-order chi connectivity index (χ0) is 16.8. The molecule has 1 rings (SSSR count). The summed E-state index contributed by atoms with van der Waals surface area (Å²) < 4.78 is 32.0. The molecule has 22 heavy (non-hydrogen) atoms. The van der Waals surface area contributed by atoms with E-state index in [-0.39, 0.29) is 17.9 Å². The lowest BCUT2D eigenvalue weighted by atomic mass is 9.86. The summed E-state index contributed by atoms with van der Waals surface area (Å²) in [5.74, 6) is 0.826. The van der Waals surface area contributed by atoms with E-state index in [9.17, 15) is 8.42 Å². The first-order valence-electron chi connectivity index (χ1n) is 8.50. The molecule has 132 valence electrons. The van der Waals surface area contributed by atoms with Crippen LogP contribution in [0.15, 0.2) is 0 Å². The Bertz CT molecular complexity index is 406. The molecule has 1 saturated carbocycles. The second-order valence-corrected chi connectivity index (χ2v) is 9.09. The van der Waals surface area contributed by atoms with Gasteiger partial charge in [0.2, 0.25) is 10.0 Å². The topological polar surface area (TPSA) is 72.6 Å². The largest absolute Gasteiger partial charge is 0.380 e. The van der Waals surface area contributed by atoms with Crippen LogP contribution in [0.1, 0.15) is 52.4 Å². The van der Waals surface area contributed by atoms with E-state index in [2.05, 4.69) is 13.8 Å². The molecular formula is C16H34N2O3S. The number of ether oxygens (including phenoxy) is 1. The number of methoxy groups -OCH3 is 1. The first-order valence-corrected chi connectivity index (χ1v) is 10.1. The Labute approximate surface area is 136 Å². The van der Waals surface area contributed by atoms with Crippen LogP contribution in [0.2, 0.25) is 0 Å². The van der Waals surface area contributed by atoms with Crippen LogP contribution < -0.4 is 5.73 Å². The van der Waals surface area contributed by atoms with Crippen LogP contribution in [0.25, 0.3) is 0 Å². The molecule has 0 aromatic rings. The van der Waals surface area contributed by atoms with Crippen molar-refractivity contribution in [2.24, 2.45) is 17.6 Å². The first-order chi connectivity index (χ1) is 10.3. The van der Waals surface area contributed by atoms with Gasteiger partial charge < -0.3 is 10.5 Å². The summed E-state index contributed by atoms with van der Waals surface area (Å²) >= 11 is 0. The molecule has 0 aliphatic heterocycles. The van der Waals surface area contributed by atoms with Crippen LogP contribution in [-0.4, -0.2) is 51.3 Å². The van der Waals surface area contributed by atoms with E-state index in [0.717, 1.165) is 12.8 Å². The van der Waals surface area contributed by atoms with Crippen molar-refractivity contribution in [1.82, 2.24) is 4.31 Å². The molecule has 6 heteroatoms. The van der Waals surface area contributed by atoms with Gasteiger partial charge in [-0.2, -0.15) is 0 Å². The number of hydrogen-bond donors (Lipinski definition) is 1. The highest BCUT2D eigenvalue weighted by Crippen LogP contribution is 2.28. The van der Waals surface area contributed by atoms with Gasteiger partial charge in [-0.05, 0) is 31.1 Å². The third kappa shape index (κ3) is 6.14. The number of sulfonamides is 1. The average Bonchev–Trinajstić information content (AvgIpc) is 2.50. The average molecular weight is 335 g/mol. The molecule has 0 heterocycles. The van der Waals surface area contributed by atoms with Crippen LogP contribution in [0.4, 0.5) is 0 Å². The van der Waals surface area contributed by atoms with Crippen molar-refractivity contribution < 1.29 is 13.2 Å². The maximum absolute atomic E-state index is 12.5. The van der Waals surface area contributed by atoms with Gasteiger partial charge in [-0.1, -0.05) is 33.1 Å². The molecule has 0 saturated heterocycles. The molecule has 2 N–H and O–H groups in total. The maximum Gasteiger partial charge on any atom is 0.216 e. The third-order valence-corrected chi connectivity index (χ3v) is 6.84. The smallest absolute Gasteiger partial charge is 0.216 e. The van der Waals surface area contributed by atoms with E-state index in [1.807, 2.05) is 0 Å². The Kier molecular flexibility index (Phi) is 8.32. The minimum atomic E-state index is -3.29. The van der Waals surface area contributed by atoms with Gasteiger partial charge in [0.15, 0.2) is 0 Å². The summed E-state index contributed by atoms with van der Waals surface area (Å²) in [7, 11) is -0.0123. The Morgan fingerprint density at radius 3 is 2.32 bits per heavy atom. The molecule has 2 unspecified atom stereocenters. The molecule has 0 aromatic heterocycles. The van der Waals surface area contributed by atoms with Crippen LogP contribution in [0.3, 0.4) is 0 Å². The number of hydrogen-bond acceptors (Lipinski definition) is 4. The maximum atomic E-state index is 12.5. The highest BCUT2D eigenvalue weighted by Gasteiger charge is 2.30. The van der Waals surface area contributed by atoms with Crippen molar-refractivity contribution in [3.63, 3.8) is 0 Å². The second-order valence-electron chi connectivity index (χ2n) is 6.97. The van der Waals surface area contributed by atoms with Gasteiger partial charge in [-0.25, -0.2) is 12.7 Å². The number of nitrogens with two attached hydrogens (primary N) is 1. The Balaban J connectivity index is 2.55. The van der Waals surface area contributed by atoms with E-state index in [1.165, 1.54) is 23.6 Å². The van der Waals surface area contributed by atoms with Crippen LogP contribution in [0.5, 0.6) is 0 Å². The molecule has 5 nitrogen and oxygen atoms in total. The van der Waals surface area contributed by atoms with E-state index in [0.29, 0.717) is 24.8 Å². The van der Waals surface area contributed by atoms with Gasteiger partial charge in [0.05, 0.1) is 11.9 Å². The van der Waals surface area contributed by atoms with Crippen LogP contribution in [-0.2, 0) is 14.8 Å². The van der Waals surface area contributed by atoms with Crippen molar-refractivity contribution in [2.75, 3.05) is 26.5 Å². The minimum Gasteiger partial charge on any atom is -0.380 e. The summed E-state index contributed by atoms with van der Waals surface area (Å²) in [5, 5.41) is 0.